The van der Waals surface area contributed by atoms with Gasteiger partial charge in [-0.15, -0.1) is 6.58 Å². The molecule has 0 aromatic rings. The highest BCUT2D eigenvalue weighted by Crippen LogP contribution is 2.39. The lowest BCUT2D eigenvalue weighted by atomic mass is 9.82. The maximum atomic E-state index is 14.2. The Kier molecular flexibility index (Phi) is 18.8. The maximum absolute atomic E-state index is 14.2. The molecule has 1 saturated carbocycles. The first-order valence-corrected chi connectivity index (χ1v) is 20.8. The summed E-state index contributed by atoms with van der Waals surface area (Å²) in [5.41, 5.74) is 1.56. The van der Waals surface area contributed by atoms with Crippen LogP contribution in [0.15, 0.2) is 36.0 Å². The first kappa shape index (κ1) is 48.6. The van der Waals surface area contributed by atoms with Gasteiger partial charge >= 0.3 is 5.97 Å². The molecule has 4 aliphatic rings. The molecule has 0 spiro atoms. The van der Waals surface area contributed by atoms with Crippen LogP contribution in [0.1, 0.15) is 113 Å². The average Bonchev–Trinajstić information content (AvgIpc) is 3.17. The zero-order valence-corrected chi connectivity index (χ0v) is 35.7. The second kappa shape index (κ2) is 22.0. The van der Waals surface area contributed by atoms with E-state index in [0.29, 0.717) is 50.5 Å². The van der Waals surface area contributed by atoms with E-state index in [-0.39, 0.29) is 43.4 Å². The molecule has 0 aromatic carbocycles. The fraction of sp³-hybridized carbons (Fsp3) is 0.773. The number of nitrogens with zero attached hydrogens (tertiary/aromatic N) is 1. The van der Waals surface area contributed by atoms with E-state index in [0.717, 1.165) is 10.5 Å². The Morgan fingerprint density at radius 2 is 1.54 bits per heavy atom. The third-order valence-corrected chi connectivity index (χ3v) is 12.3. The number of carbonyl (C=O) groups excluding carboxylic acids is 4. The van der Waals surface area contributed by atoms with Crippen LogP contribution in [0.4, 0.5) is 0 Å². The van der Waals surface area contributed by atoms with Gasteiger partial charge in [-0.25, -0.2) is 4.79 Å². The number of piperidine rings is 1. The smallest absolute Gasteiger partial charge is 0.329 e. The Bertz CT molecular complexity index is 1450. The molecule has 324 valence electrons. The van der Waals surface area contributed by atoms with E-state index in [4.69, 9.17) is 18.9 Å². The molecule has 4 rings (SSSR count). The van der Waals surface area contributed by atoms with Crippen molar-refractivity contribution < 1.29 is 58.6 Å². The van der Waals surface area contributed by atoms with Gasteiger partial charge in [-0.1, -0.05) is 51.5 Å². The van der Waals surface area contributed by atoms with Gasteiger partial charge in [0.25, 0.3) is 11.7 Å². The summed E-state index contributed by atoms with van der Waals surface area (Å²) in [6.07, 6.45) is 3.30. The van der Waals surface area contributed by atoms with Crippen molar-refractivity contribution in [2.24, 2.45) is 29.6 Å². The lowest BCUT2D eigenvalue weighted by Gasteiger charge is -2.47. The molecule has 13 heteroatoms. The lowest BCUT2D eigenvalue weighted by Crippen LogP contribution is -2.64. The second-order valence-electron chi connectivity index (χ2n) is 17.1. The van der Waals surface area contributed by atoms with Crippen LogP contribution in [0.2, 0.25) is 0 Å². The number of carbonyl (C=O) groups is 4. The summed E-state index contributed by atoms with van der Waals surface area (Å²) in [5.74, 6) is -7.86. The van der Waals surface area contributed by atoms with Crippen molar-refractivity contribution in [3.63, 3.8) is 0 Å². The first-order chi connectivity index (χ1) is 26.8. The van der Waals surface area contributed by atoms with Gasteiger partial charge in [-0.3, -0.25) is 14.4 Å². The predicted octanol–water partition coefficient (Wildman–Crippen LogP) is 4.62. The highest BCUT2D eigenvalue weighted by Gasteiger charge is 2.56. The van der Waals surface area contributed by atoms with E-state index in [2.05, 4.69) is 6.58 Å². The summed E-state index contributed by atoms with van der Waals surface area (Å²) in [7, 11) is 3.04. The molecule has 2 saturated heterocycles. The van der Waals surface area contributed by atoms with Crippen molar-refractivity contribution in [2.75, 3.05) is 20.8 Å². The molecule has 1 amide bonds. The number of hydrogen-bond donors (Lipinski definition) is 4. The minimum absolute atomic E-state index is 0.0282. The number of ether oxygens (including phenoxy) is 4. The Hall–Kier alpha value is -2.78. The molecule has 14 atom stereocenters. The third kappa shape index (κ3) is 12.4. The van der Waals surface area contributed by atoms with Gasteiger partial charge in [-0.2, -0.15) is 0 Å². The number of rotatable bonds is 4. The number of Topliss-reactive ketones (excluding diaryl/α,β-unsaturated/α-hetero) is 2. The molecule has 3 aliphatic heterocycles. The number of amides is 1. The maximum Gasteiger partial charge on any atom is 0.329 e. The summed E-state index contributed by atoms with van der Waals surface area (Å²) in [6, 6.07) is -1.15. The van der Waals surface area contributed by atoms with Gasteiger partial charge in [0.15, 0.2) is 0 Å². The second-order valence-corrected chi connectivity index (χ2v) is 17.1. The molecule has 57 heavy (non-hydrogen) atoms. The van der Waals surface area contributed by atoms with Crippen molar-refractivity contribution in [3.05, 3.63) is 36.0 Å². The zero-order chi connectivity index (χ0) is 42.8. The number of ketones is 2. The Morgan fingerprint density at radius 1 is 0.912 bits per heavy atom. The number of cyclic esters (lactones) is 1. The van der Waals surface area contributed by atoms with Crippen LogP contribution < -0.4 is 0 Å². The Labute approximate surface area is 339 Å². The monoisotopic (exact) mass is 805 g/mol. The molecular weight excluding hydrogens is 734 g/mol. The molecule has 2 bridgehead atoms. The number of aliphatic hydroxyl groups excluding tert-OH is 3. The minimum Gasteiger partial charge on any atom is -0.456 e. The van der Waals surface area contributed by atoms with Crippen LogP contribution in [0.25, 0.3) is 0 Å². The molecule has 1 aliphatic carbocycles. The first-order valence-electron chi connectivity index (χ1n) is 20.8. The number of aliphatic hydroxyl groups is 4. The molecule has 0 radical (unpaired) electrons. The van der Waals surface area contributed by atoms with E-state index < -0.39 is 90.0 Å². The Balaban J connectivity index is 0.00000281. The minimum atomic E-state index is -2.51. The van der Waals surface area contributed by atoms with Gasteiger partial charge in [0.2, 0.25) is 5.79 Å². The number of fused-ring (bicyclic) bond motifs is 3. The molecule has 7 unspecified atom stereocenters. The summed E-state index contributed by atoms with van der Waals surface area (Å²) >= 11 is 0. The molecule has 3 heterocycles. The molecule has 13 nitrogen and oxygen atoms in total. The van der Waals surface area contributed by atoms with Gasteiger partial charge in [-0.05, 0) is 96.0 Å². The Morgan fingerprint density at radius 3 is 2.16 bits per heavy atom. The highest BCUT2D eigenvalue weighted by molar-refractivity contribution is 6.39. The summed E-state index contributed by atoms with van der Waals surface area (Å²) in [5, 5.41) is 43.9. The largest absolute Gasteiger partial charge is 0.456 e. The fourth-order valence-electron chi connectivity index (χ4n) is 8.93. The lowest BCUT2D eigenvalue weighted by molar-refractivity contribution is -0.302. The van der Waals surface area contributed by atoms with E-state index in [1.165, 1.54) is 14.2 Å². The predicted molar refractivity (Wildman–Crippen MR) is 215 cm³/mol. The molecule has 0 aromatic heterocycles. The van der Waals surface area contributed by atoms with Gasteiger partial charge in [0.1, 0.15) is 24.0 Å². The molecule has 3 fully saturated rings. The third-order valence-electron chi connectivity index (χ3n) is 12.3. The summed E-state index contributed by atoms with van der Waals surface area (Å²) in [6.45, 7) is 16.2. The van der Waals surface area contributed by atoms with Crippen LogP contribution in [0.3, 0.4) is 0 Å². The number of allylic oxidation sites excluding steroid dienone is 4. The van der Waals surface area contributed by atoms with Crippen LogP contribution in [0.5, 0.6) is 0 Å². The standard InChI is InChI=1S/C41H65NO12.C3H6/c1-22-15-23(2)17-34(51-7)37-35(52-8)19-26(5)41(50,54-37)38(47)39(48)42-14-10-9-11-29(42)40(49)53-36(27(6)32(45)21-31(44)24(3)16-22)25(4)18-28-12-13-30(43)33(46)20-28;1-3-2/h16,18,23-24,26-30,32-37,43,45-46,50H,9-15,17,19-21H2,1-8H3;3H,1H2,2H3/b22-16+,25-18+;/t23-,24+,26?,27+,28?,29?,30+,32-,33?,34-,35?,36+,37?,41?;/m0./s1. The number of hydrogen-bond acceptors (Lipinski definition) is 12. The highest BCUT2D eigenvalue weighted by atomic mass is 16.7. The van der Waals surface area contributed by atoms with E-state index in [1.807, 2.05) is 32.9 Å². The quantitative estimate of drug-likeness (QED) is 0.176. The van der Waals surface area contributed by atoms with Gasteiger partial charge in [0.05, 0.1) is 30.5 Å². The summed E-state index contributed by atoms with van der Waals surface area (Å²) in [4.78, 5) is 57.1. The van der Waals surface area contributed by atoms with E-state index in [9.17, 15) is 39.6 Å². The normalized spacial score (nSPS) is 40.6. The SMILES string of the molecule is C=CC.COC1CC(C)C2(O)OC1[C@@H](OC)C[C@@H](C)C/C(C)=C/[C@@H](C)C(=O)C[C@H](O)[C@@H](C)[C@@H](/C(C)=C/C1CC[C@@H](O)C(O)C1)OC(=O)C1CCCCN1C(=O)C2=O. The fourth-order valence-corrected chi connectivity index (χ4v) is 8.93. The van der Waals surface area contributed by atoms with Gasteiger partial charge in [0, 0.05) is 44.9 Å². The van der Waals surface area contributed by atoms with Crippen molar-refractivity contribution in [3.8, 4) is 0 Å². The zero-order valence-electron chi connectivity index (χ0n) is 35.7. The number of methoxy groups -OCH3 is 2. The molecular formula is C44H71NO12. The molecule has 4 N–H and O–H groups in total. The van der Waals surface area contributed by atoms with Crippen LogP contribution in [-0.4, -0.2) is 124 Å². The van der Waals surface area contributed by atoms with E-state index >= 15 is 0 Å². The van der Waals surface area contributed by atoms with Crippen molar-refractivity contribution >= 4 is 23.4 Å². The van der Waals surface area contributed by atoms with Crippen molar-refractivity contribution in [1.82, 2.24) is 4.90 Å². The van der Waals surface area contributed by atoms with Crippen LogP contribution in [0, 0.1) is 29.6 Å². The van der Waals surface area contributed by atoms with Crippen molar-refractivity contribution in [2.45, 2.75) is 167 Å². The summed E-state index contributed by atoms with van der Waals surface area (Å²) < 4.78 is 24.0. The van der Waals surface area contributed by atoms with Gasteiger partial charge < -0.3 is 44.3 Å². The topological polar surface area (TPSA) is 189 Å². The van der Waals surface area contributed by atoms with Crippen LogP contribution >= 0.6 is 0 Å². The van der Waals surface area contributed by atoms with E-state index in [1.54, 1.807) is 33.8 Å². The number of esters is 1. The van der Waals surface area contributed by atoms with Crippen molar-refractivity contribution in [1.29, 1.82) is 0 Å². The van der Waals surface area contributed by atoms with Crippen LogP contribution in [-0.2, 0) is 38.1 Å². The average molecular weight is 806 g/mol.